The number of hydrogen-bond donors (Lipinski definition) is 1. The van der Waals surface area contributed by atoms with Crippen molar-refractivity contribution in [3.05, 3.63) is 68.4 Å². The number of rotatable bonds is 6. The predicted molar refractivity (Wildman–Crippen MR) is 124 cm³/mol. The van der Waals surface area contributed by atoms with E-state index >= 15 is 0 Å². The number of aromatic nitrogens is 3. The fourth-order valence-electron chi connectivity index (χ4n) is 2.93. The van der Waals surface area contributed by atoms with E-state index in [1.807, 2.05) is 47.8 Å². The highest BCUT2D eigenvalue weighted by Crippen LogP contribution is 2.33. The maximum absolute atomic E-state index is 12.9. The van der Waals surface area contributed by atoms with Crippen LogP contribution in [0.4, 0.5) is 11.4 Å². The summed E-state index contributed by atoms with van der Waals surface area (Å²) in [5.74, 6) is 1.25. The molecular weight excluding hydrogens is 482 g/mol. The number of ether oxygens (including phenoxy) is 2. The number of azo groups is 1. The number of H-pyrrole nitrogens is 1. The van der Waals surface area contributed by atoms with Gasteiger partial charge in [-0.15, -0.1) is 16.5 Å². The highest BCUT2D eigenvalue weighted by molar-refractivity contribution is 9.10. The van der Waals surface area contributed by atoms with Gasteiger partial charge < -0.3 is 9.47 Å². The molecule has 4 rings (SSSR count). The zero-order valence-electron chi connectivity index (χ0n) is 16.9. The Hall–Kier alpha value is -3.24. The summed E-state index contributed by atoms with van der Waals surface area (Å²) in [7, 11) is 3.17. The first-order valence-electron chi connectivity index (χ1n) is 9.17. The van der Waals surface area contributed by atoms with Gasteiger partial charge in [0.15, 0.2) is 17.2 Å². The molecule has 8 nitrogen and oxygen atoms in total. The standard InChI is InChI=1S/C21H18BrN5O3S/c1-12-19(25-24-15-6-4-5-14(22)10-15)20(28)27(26-12)21-23-16(11-31-21)13-7-8-17(29-2)18(9-13)30-3/h4-11,26H,1-3H3. The summed E-state index contributed by atoms with van der Waals surface area (Å²) in [4.78, 5) is 17.5. The first kappa shape index (κ1) is 21.0. The second-order valence-corrected chi connectivity index (χ2v) is 8.24. The molecule has 0 bridgehead atoms. The van der Waals surface area contributed by atoms with Crippen LogP contribution in [0.3, 0.4) is 0 Å². The molecule has 0 saturated carbocycles. The molecule has 0 fully saturated rings. The van der Waals surface area contributed by atoms with Crippen LogP contribution in [-0.4, -0.2) is 29.0 Å². The lowest BCUT2D eigenvalue weighted by molar-refractivity contribution is 0.355. The smallest absolute Gasteiger partial charge is 0.301 e. The monoisotopic (exact) mass is 499 g/mol. The molecule has 0 aliphatic carbocycles. The number of hydrogen-bond acceptors (Lipinski definition) is 7. The van der Waals surface area contributed by atoms with Gasteiger partial charge in [-0.2, -0.15) is 9.80 Å². The Labute approximate surface area is 190 Å². The number of nitrogens with zero attached hydrogens (tertiary/aromatic N) is 4. The molecule has 4 aromatic rings. The lowest BCUT2D eigenvalue weighted by Crippen LogP contribution is -2.13. The topological polar surface area (TPSA) is 93.9 Å². The third-order valence-corrected chi connectivity index (χ3v) is 5.80. The van der Waals surface area contributed by atoms with E-state index in [0.717, 1.165) is 15.7 Å². The van der Waals surface area contributed by atoms with Crippen LogP contribution in [0.15, 0.2) is 67.3 Å². The number of methoxy groups -OCH3 is 2. The van der Waals surface area contributed by atoms with Crippen molar-refractivity contribution in [3.63, 3.8) is 0 Å². The molecule has 2 aromatic carbocycles. The molecule has 0 aliphatic heterocycles. The number of halogens is 1. The van der Waals surface area contributed by atoms with Crippen molar-refractivity contribution < 1.29 is 9.47 Å². The van der Waals surface area contributed by atoms with Gasteiger partial charge in [-0.3, -0.25) is 9.89 Å². The largest absolute Gasteiger partial charge is 0.493 e. The molecular formula is C21H18BrN5O3S. The minimum Gasteiger partial charge on any atom is -0.493 e. The van der Waals surface area contributed by atoms with Gasteiger partial charge in [-0.05, 0) is 43.3 Å². The summed E-state index contributed by atoms with van der Waals surface area (Å²) in [6.07, 6.45) is 0. The average molecular weight is 500 g/mol. The zero-order valence-corrected chi connectivity index (χ0v) is 19.3. The van der Waals surface area contributed by atoms with Gasteiger partial charge in [0.2, 0.25) is 5.13 Å². The lowest BCUT2D eigenvalue weighted by Gasteiger charge is -2.08. The van der Waals surface area contributed by atoms with Crippen molar-refractivity contribution in [1.29, 1.82) is 0 Å². The van der Waals surface area contributed by atoms with Crippen molar-refractivity contribution in [2.24, 2.45) is 10.2 Å². The van der Waals surface area contributed by atoms with Gasteiger partial charge in [0.05, 0.1) is 31.3 Å². The molecule has 2 heterocycles. The Balaban J connectivity index is 1.66. The number of aromatic amines is 1. The predicted octanol–water partition coefficient (Wildman–Crippen LogP) is 5.79. The van der Waals surface area contributed by atoms with Crippen LogP contribution in [-0.2, 0) is 0 Å². The summed E-state index contributed by atoms with van der Waals surface area (Å²) >= 11 is 4.74. The maximum Gasteiger partial charge on any atom is 0.301 e. The molecule has 0 atom stereocenters. The Morgan fingerprint density at radius 1 is 1.10 bits per heavy atom. The summed E-state index contributed by atoms with van der Waals surface area (Å²) in [6, 6.07) is 12.9. The van der Waals surface area contributed by atoms with Crippen LogP contribution < -0.4 is 15.0 Å². The van der Waals surface area contributed by atoms with E-state index in [4.69, 9.17) is 9.47 Å². The second-order valence-electron chi connectivity index (χ2n) is 6.49. The molecule has 158 valence electrons. The van der Waals surface area contributed by atoms with Crippen molar-refractivity contribution in [2.75, 3.05) is 14.2 Å². The minimum atomic E-state index is -0.315. The van der Waals surface area contributed by atoms with Gasteiger partial charge in [0.25, 0.3) is 0 Å². The van der Waals surface area contributed by atoms with E-state index in [-0.39, 0.29) is 11.2 Å². The van der Waals surface area contributed by atoms with E-state index in [1.165, 1.54) is 16.0 Å². The lowest BCUT2D eigenvalue weighted by atomic mass is 10.1. The minimum absolute atomic E-state index is 0.239. The molecule has 31 heavy (non-hydrogen) atoms. The second kappa shape index (κ2) is 8.86. The Morgan fingerprint density at radius 3 is 2.65 bits per heavy atom. The highest BCUT2D eigenvalue weighted by atomic mass is 79.9. The van der Waals surface area contributed by atoms with E-state index < -0.39 is 0 Å². The molecule has 0 radical (unpaired) electrons. The van der Waals surface area contributed by atoms with E-state index in [2.05, 4.69) is 36.2 Å². The first-order chi connectivity index (χ1) is 15.0. The molecule has 0 saturated heterocycles. The Bertz CT molecular complexity index is 1320. The molecule has 0 aliphatic rings. The van der Waals surface area contributed by atoms with Gasteiger partial charge in [0, 0.05) is 15.4 Å². The number of aryl methyl sites for hydroxylation is 1. The molecule has 0 amide bonds. The third-order valence-electron chi connectivity index (χ3n) is 4.48. The van der Waals surface area contributed by atoms with Gasteiger partial charge in [-0.25, -0.2) is 4.98 Å². The molecule has 2 aromatic heterocycles. The molecule has 1 N–H and O–H groups in total. The SMILES string of the molecule is COc1ccc(-c2csc(-n3[nH]c(C)c(N=Nc4cccc(Br)c4)c3=O)n2)cc1OC. The van der Waals surface area contributed by atoms with Crippen LogP contribution in [0, 0.1) is 6.92 Å². The van der Waals surface area contributed by atoms with Crippen LogP contribution in [0.2, 0.25) is 0 Å². The van der Waals surface area contributed by atoms with Crippen LogP contribution in [0.25, 0.3) is 16.4 Å². The normalized spacial score (nSPS) is 11.2. The van der Waals surface area contributed by atoms with Crippen LogP contribution in [0.5, 0.6) is 11.5 Å². The van der Waals surface area contributed by atoms with Crippen molar-refractivity contribution in [2.45, 2.75) is 6.92 Å². The van der Waals surface area contributed by atoms with Crippen LogP contribution >= 0.6 is 27.3 Å². The average Bonchev–Trinajstić information content (AvgIpc) is 3.36. The summed E-state index contributed by atoms with van der Waals surface area (Å²) in [5, 5.41) is 13.7. The Kier molecular flexibility index (Phi) is 6.01. The fraction of sp³-hybridized carbons (Fsp3) is 0.143. The van der Waals surface area contributed by atoms with Crippen LogP contribution in [0.1, 0.15) is 5.69 Å². The van der Waals surface area contributed by atoms with E-state index in [9.17, 15) is 4.79 Å². The molecule has 10 heteroatoms. The summed E-state index contributed by atoms with van der Waals surface area (Å²) < 4.78 is 12.9. The summed E-state index contributed by atoms with van der Waals surface area (Å²) in [5.41, 5.74) is 2.74. The van der Waals surface area contributed by atoms with Crippen molar-refractivity contribution >= 4 is 38.6 Å². The Morgan fingerprint density at radius 2 is 1.90 bits per heavy atom. The summed E-state index contributed by atoms with van der Waals surface area (Å²) in [6.45, 7) is 1.77. The highest BCUT2D eigenvalue weighted by Gasteiger charge is 2.16. The van der Waals surface area contributed by atoms with Crippen molar-refractivity contribution in [3.8, 4) is 27.9 Å². The molecule has 0 unspecified atom stereocenters. The molecule has 0 spiro atoms. The zero-order chi connectivity index (χ0) is 22.0. The maximum atomic E-state index is 12.9. The number of benzene rings is 2. The van der Waals surface area contributed by atoms with E-state index in [0.29, 0.717) is 28.0 Å². The fourth-order valence-corrected chi connectivity index (χ4v) is 4.11. The number of nitrogens with one attached hydrogen (secondary N) is 1. The van der Waals surface area contributed by atoms with Crippen molar-refractivity contribution in [1.82, 2.24) is 14.8 Å². The third kappa shape index (κ3) is 4.30. The van der Waals surface area contributed by atoms with Gasteiger partial charge in [0.1, 0.15) is 0 Å². The van der Waals surface area contributed by atoms with Gasteiger partial charge in [-0.1, -0.05) is 22.0 Å². The number of thiazole rings is 1. The van der Waals surface area contributed by atoms with Gasteiger partial charge >= 0.3 is 5.56 Å². The van der Waals surface area contributed by atoms with E-state index in [1.54, 1.807) is 21.1 Å². The quantitative estimate of drug-likeness (QED) is 0.339. The first-order valence-corrected chi connectivity index (χ1v) is 10.8.